The van der Waals surface area contributed by atoms with Crippen molar-refractivity contribution in [3.63, 3.8) is 0 Å². The van der Waals surface area contributed by atoms with Gasteiger partial charge in [0.05, 0.1) is 0 Å². The summed E-state index contributed by atoms with van der Waals surface area (Å²) in [4.78, 5) is 0. The van der Waals surface area contributed by atoms with E-state index in [2.05, 4.69) is 13.8 Å². The third-order valence-electron chi connectivity index (χ3n) is 6.18. The second kappa shape index (κ2) is 18.1. The second-order valence-corrected chi connectivity index (χ2v) is 15.4. The average Bonchev–Trinajstić information content (AvgIpc) is 2.74. The lowest BCUT2D eigenvalue weighted by atomic mass is 10.2. The predicted molar refractivity (Wildman–Crippen MR) is 126 cm³/mol. The van der Waals surface area contributed by atoms with E-state index in [-0.39, 0.29) is 0 Å². The van der Waals surface area contributed by atoms with Crippen molar-refractivity contribution in [3.8, 4) is 0 Å². The Morgan fingerprint density at radius 3 is 0.857 bits per heavy atom. The molecule has 0 aliphatic heterocycles. The zero-order chi connectivity index (χ0) is 21.1. The van der Waals surface area contributed by atoms with Gasteiger partial charge in [0.15, 0.2) is 0 Å². The van der Waals surface area contributed by atoms with E-state index in [0.29, 0.717) is 0 Å². The van der Waals surface area contributed by atoms with Gasteiger partial charge in [-0.05, 0) is 24.2 Å². The van der Waals surface area contributed by atoms with Crippen LogP contribution in [0.3, 0.4) is 0 Å². The van der Waals surface area contributed by atoms with E-state index >= 15 is 0 Å². The minimum absolute atomic E-state index is 1.13. The smallest absolute Gasteiger partial charge is 0.337 e. The van der Waals surface area contributed by atoms with Crippen LogP contribution in [0.1, 0.15) is 90.9 Å². The van der Waals surface area contributed by atoms with E-state index in [1.807, 2.05) is 28.4 Å². The number of hydrogen-bond acceptors (Lipinski definition) is 4. The van der Waals surface area contributed by atoms with Crippen LogP contribution in [0.4, 0.5) is 0 Å². The van der Waals surface area contributed by atoms with Crippen molar-refractivity contribution in [2.75, 3.05) is 28.4 Å². The molecule has 0 N–H and O–H groups in total. The summed E-state index contributed by atoms with van der Waals surface area (Å²) in [5.74, 6) is 0. The molecule has 0 rings (SSSR count). The Kier molecular flexibility index (Phi) is 18.3. The molecule has 0 spiro atoms. The summed E-state index contributed by atoms with van der Waals surface area (Å²) in [6, 6.07) is 4.53. The highest BCUT2D eigenvalue weighted by Crippen LogP contribution is 2.27. The summed E-state index contributed by atoms with van der Waals surface area (Å²) in [6.45, 7) is 4.51. The number of rotatable bonds is 21. The Labute approximate surface area is 178 Å². The monoisotopic (exact) mass is 434 g/mol. The van der Waals surface area contributed by atoms with E-state index in [0.717, 1.165) is 24.2 Å². The minimum Gasteiger partial charge on any atom is -0.398 e. The van der Waals surface area contributed by atoms with Crippen molar-refractivity contribution in [1.82, 2.24) is 0 Å². The van der Waals surface area contributed by atoms with Crippen molar-refractivity contribution in [2.45, 2.75) is 115 Å². The molecular weight excluding hydrogens is 384 g/mol. The van der Waals surface area contributed by atoms with Crippen molar-refractivity contribution in [3.05, 3.63) is 0 Å². The highest BCUT2D eigenvalue weighted by atomic mass is 28.4. The van der Waals surface area contributed by atoms with E-state index in [1.54, 1.807) is 0 Å². The lowest BCUT2D eigenvalue weighted by molar-refractivity contribution is 0.236. The Morgan fingerprint density at radius 1 is 0.393 bits per heavy atom. The fraction of sp³-hybridized carbons (Fsp3) is 1.00. The van der Waals surface area contributed by atoms with Crippen molar-refractivity contribution in [2.24, 2.45) is 0 Å². The quantitative estimate of drug-likeness (QED) is 0.142. The lowest BCUT2D eigenvalue weighted by Gasteiger charge is -2.28. The molecule has 170 valence electrons. The van der Waals surface area contributed by atoms with Crippen LogP contribution in [0.2, 0.25) is 24.2 Å². The van der Waals surface area contributed by atoms with Gasteiger partial charge >= 0.3 is 17.1 Å². The molecule has 0 aliphatic rings. The second-order valence-electron chi connectivity index (χ2n) is 8.17. The van der Waals surface area contributed by atoms with E-state index in [1.165, 1.54) is 77.0 Å². The van der Waals surface area contributed by atoms with Crippen molar-refractivity contribution < 1.29 is 17.7 Å². The first-order valence-electron chi connectivity index (χ1n) is 11.8. The van der Waals surface area contributed by atoms with Crippen LogP contribution in [0.15, 0.2) is 0 Å². The molecule has 0 heterocycles. The van der Waals surface area contributed by atoms with Crippen molar-refractivity contribution >= 4 is 17.1 Å². The van der Waals surface area contributed by atoms with Crippen LogP contribution >= 0.6 is 0 Å². The molecule has 0 fully saturated rings. The first-order valence-corrected chi connectivity index (χ1v) is 16.2. The summed E-state index contributed by atoms with van der Waals surface area (Å²) < 4.78 is 23.6. The SMILES string of the molecule is CCCCCC[Si](CCCCCC[Si](CCCCCC)(OC)OC)(OC)OC. The highest BCUT2D eigenvalue weighted by Gasteiger charge is 2.35. The fourth-order valence-corrected chi connectivity index (χ4v) is 9.64. The molecule has 0 saturated heterocycles. The Bertz CT molecular complexity index is 302. The van der Waals surface area contributed by atoms with Crippen LogP contribution in [0.25, 0.3) is 0 Å². The molecule has 0 amide bonds. The maximum Gasteiger partial charge on any atom is 0.337 e. The Morgan fingerprint density at radius 2 is 0.643 bits per heavy atom. The topological polar surface area (TPSA) is 36.9 Å². The summed E-state index contributed by atoms with van der Waals surface area (Å²) in [5.41, 5.74) is 0. The predicted octanol–water partition coefficient (Wildman–Crippen LogP) is 7.18. The average molecular weight is 435 g/mol. The van der Waals surface area contributed by atoms with Crippen LogP contribution in [0.5, 0.6) is 0 Å². The zero-order valence-electron chi connectivity index (χ0n) is 19.9. The van der Waals surface area contributed by atoms with Crippen LogP contribution in [-0.2, 0) is 17.7 Å². The highest BCUT2D eigenvalue weighted by molar-refractivity contribution is 6.67. The molecule has 0 atom stereocenters. The van der Waals surface area contributed by atoms with Gasteiger partial charge in [-0.2, -0.15) is 0 Å². The first kappa shape index (κ1) is 28.3. The van der Waals surface area contributed by atoms with Gasteiger partial charge in [0, 0.05) is 28.4 Å². The van der Waals surface area contributed by atoms with Gasteiger partial charge < -0.3 is 17.7 Å². The van der Waals surface area contributed by atoms with Crippen LogP contribution < -0.4 is 0 Å². The Balaban J connectivity index is 4.14. The van der Waals surface area contributed by atoms with E-state index in [4.69, 9.17) is 17.7 Å². The first-order chi connectivity index (χ1) is 13.6. The standard InChI is InChI=1S/C22H50O4Si2/c1-7-9-11-15-19-27(23-3,24-4)21-17-13-14-18-22-28(25-5,26-6)20-16-12-10-8-2/h7-22H2,1-6H3. The van der Waals surface area contributed by atoms with E-state index < -0.39 is 17.1 Å². The molecular formula is C22H50O4Si2. The molecule has 0 aliphatic carbocycles. The maximum absolute atomic E-state index is 5.91. The lowest BCUT2D eigenvalue weighted by Crippen LogP contribution is -2.40. The third kappa shape index (κ3) is 12.1. The van der Waals surface area contributed by atoms with Crippen LogP contribution in [-0.4, -0.2) is 45.6 Å². The molecule has 28 heavy (non-hydrogen) atoms. The number of unbranched alkanes of at least 4 members (excludes halogenated alkanes) is 9. The maximum atomic E-state index is 5.91. The normalized spacial score (nSPS) is 12.6. The number of hydrogen-bond donors (Lipinski definition) is 0. The summed E-state index contributed by atoms with van der Waals surface area (Å²) >= 11 is 0. The molecule has 4 nitrogen and oxygen atoms in total. The largest absolute Gasteiger partial charge is 0.398 e. The molecule has 0 bridgehead atoms. The minimum atomic E-state index is -1.97. The molecule has 0 aromatic rings. The van der Waals surface area contributed by atoms with Crippen LogP contribution in [0, 0.1) is 0 Å². The Hall–Kier alpha value is 0.274. The van der Waals surface area contributed by atoms with Gasteiger partial charge in [0.1, 0.15) is 0 Å². The van der Waals surface area contributed by atoms with Crippen molar-refractivity contribution in [1.29, 1.82) is 0 Å². The molecule has 0 unspecified atom stereocenters. The zero-order valence-corrected chi connectivity index (χ0v) is 21.9. The van der Waals surface area contributed by atoms with Gasteiger partial charge in [-0.15, -0.1) is 0 Å². The van der Waals surface area contributed by atoms with Gasteiger partial charge in [-0.3, -0.25) is 0 Å². The molecule has 0 radical (unpaired) electrons. The van der Waals surface area contributed by atoms with Gasteiger partial charge in [-0.25, -0.2) is 0 Å². The fourth-order valence-electron chi connectivity index (χ4n) is 4.02. The summed E-state index contributed by atoms with van der Waals surface area (Å²) in [6.07, 6.45) is 15.2. The summed E-state index contributed by atoms with van der Waals surface area (Å²) in [5, 5.41) is 0. The molecule has 0 aromatic heterocycles. The molecule has 6 heteroatoms. The third-order valence-corrected chi connectivity index (χ3v) is 13.6. The molecule has 0 aromatic carbocycles. The van der Waals surface area contributed by atoms with Gasteiger partial charge in [-0.1, -0.05) is 90.9 Å². The van der Waals surface area contributed by atoms with E-state index in [9.17, 15) is 0 Å². The van der Waals surface area contributed by atoms with Gasteiger partial charge in [0.25, 0.3) is 0 Å². The summed E-state index contributed by atoms with van der Waals surface area (Å²) in [7, 11) is 3.47. The molecule has 0 saturated carbocycles. The van der Waals surface area contributed by atoms with Gasteiger partial charge in [0.2, 0.25) is 0 Å².